The monoisotopic (exact) mass is 384 g/mol. The van der Waals surface area contributed by atoms with Crippen molar-refractivity contribution >= 4 is 33.5 Å². The van der Waals surface area contributed by atoms with E-state index in [2.05, 4.69) is 15.1 Å². The van der Waals surface area contributed by atoms with Gasteiger partial charge < -0.3 is 9.80 Å². The highest BCUT2D eigenvalue weighted by molar-refractivity contribution is 7.20. The summed E-state index contributed by atoms with van der Waals surface area (Å²) < 4.78 is 1.62. The SMILES string of the molecule is CN(C)C(=O)c1sc2nccnc2c1[C@H]1CCN(C(=O)c2ccn(C)n2)C1. The highest BCUT2D eigenvalue weighted by Gasteiger charge is 2.34. The number of amides is 2. The summed E-state index contributed by atoms with van der Waals surface area (Å²) in [6.07, 6.45) is 5.83. The fourth-order valence-corrected chi connectivity index (χ4v) is 4.67. The number of likely N-dealkylation sites (tertiary alicyclic amines) is 1. The molecule has 140 valence electrons. The lowest BCUT2D eigenvalue weighted by atomic mass is 9.97. The molecule has 0 aliphatic carbocycles. The summed E-state index contributed by atoms with van der Waals surface area (Å²) in [4.78, 5) is 39.1. The minimum absolute atomic E-state index is 0.0516. The molecule has 1 saturated heterocycles. The zero-order valence-electron chi connectivity index (χ0n) is 15.4. The molecule has 0 bridgehead atoms. The van der Waals surface area contributed by atoms with Crippen LogP contribution in [0.1, 0.15) is 38.1 Å². The van der Waals surface area contributed by atoms with Gasteiger partial charge in [0.15, 0.2) is 0 Å². The fraction of sp³-hybridized carbons (Fsp3) is 0.389. The number of hydrogen-bond acceptors (Lipinski definition) is 6. The molecule has 4 heterocycles. The minimum atomic E-state index is -0.0794. The molecule has 1 aliphatic heterocycles. The van der Waals surface area contributed by atoms with Gasteiger partial charge in [0.25, 0.3) is 11.8 Å². The molecule has 9 heteroatoms. The van der Waals surface area contributed by atoms with Crippen LogP contribution in [0, 0.1) is 0 Å². The Bertz CT molecular complexity index is 1020. The topological polar surface area (TPSA) is 84.2 Å². The quantitative estimate of drug-likeness (QED) is 0.687. The van der Waals surface area contributed by atoms with Gasteiger partial charge in [-0.05, 0) is 12.5 Å². The van der Waals surface area contributed by atoms with E-state index in [4.69, 9.17) is 0 Å². The molecule has 8 nitrogen and oxygen atoms in total. The van der Waals surface area contributed by atoms with Gasteiger partial charge in [-0.25, -0.2) is 4.98 Å². The van der Waals surface area contributed by atoms with E-state index in [0.29, 0.717) is 23.7 Å². The number of aryl methyl sites for hydroxylation is 1. The molecule has 0 radical (unpaired) electrons. The van der Waals surface area contributed by atoms with Gasteiger partial charge in [0.1, 0.15) is 16.0 Å². The van der Waals surface area contributed by atoms with Crippen LogP contribution in [-0.2, 0) is 7.05 Å². The summed E-state index contributed by atoms with van der Waals surface area (Å²) in [5.74, 6) is -0.0736. The first-order valence-electron chi connectivity index (χ1n) is 8.69. The van der Waals surface area contributed by atoms with Crippen molar-refractivity contribution in [3.8, 4) is 0 Å². The highest BCUT2D eigenvalue weighted by atomic mass is 32.1. The summed E-state index contributed by atoms with van der Waals surface area (Å²) in [5.41, 5.74) is 2.13. The number of nitrogens with zero attached hydrogens (tertiary/aromatic N) is 6. The van der Waals surface area contributed by atoms with E-state index in [1.807, 2.05) is 0 Å². The van der Waals surface area contributed by atoms with Crippen molar-refractivity contribution in [1.29, 1.82) is 0 Å². The summed E-state index contributed by atoms with van der Waals surface area (Å²) in [7, 11) is 5.27. The summed E-state index contributed by atoms with van der Waals surface area (Å²) >= 11 is 1.37. The molecule has 1 aliphatic rings. The molecular weight excluding hydrogens is 364 g/mol. The normalized spacial score (nSPS) is 16.9. The Morgan fingerprint density at radius 3 is 2.74 bits per heavy atom. The maximum atomic E-state index is 12.7. The highest BCUT2D eigenvalue weighted by Crippen LogP contribution is 2.39. The van der Waals surface area contributed by atoms with Gasteiger partial charge in [0.2, 0.25) is 0 Å². The van der Waals surface area contributed by atoms with Crippen LogP contribution < -0.4 is 0 Å². The lowest BCUT2D eigenvalue weighted by Gasteiger charge is -2.16. The molecule has 4 rings (SSSR count). The Morgan fingerprint density at radius 2 is 2.04 bits per heavy atom. The molecule has 1 atom stereocenters. The first-order valence-corrected chi connectivity index (χ1v) is 9.51. The third kappa shape index (κ3) is 3.08. The van der Waals surface area contributed by atoms with Crippen molar-refractivity contribution in [2.75, 3.05) is 27.2 Å². The first kappa shape index (κ1) is 17.6. The van der Waals surface area contributed by atoms with Crippen LogP contribution in [0.4, 0.5) is 0 Å². The van der Waals surface area contributed by atoms with E-state index in [9.17, 15) is 9.59 Å². The summed E-state index contributed by atoms with van der Waals surface area (Å²) in [6.45, 7) is 1.18. The van der Waals surface area contributed by atoms with E-state index in [1.54, 1.807) is 60.3 Å². The Labute approximate surface area is 160 Å². The van der Waals surface area contributed by atoms with E-state index in [-0.39, 0.29) is 17.7 Å². The van der Waals surface area contributed by atoms with E-state index < -0.39 is 0 Å². The Hall–Kier alpha value is -2.81. The standard InChI is InChI=1S/C18H20N6O2S/c1-22(2)18(26)15-13(14-16(27-15)20-7-6-19-14)11-4-9-24(10-11)17(25)12-5-8-23(3)21-12/h5-8,11H,4,9-10H2,1-3H3/t11-/m0/s1. The Kier molecular flexibility index (Phi) is 4.39. The van der Waals surface area contributed by atoms with Crippen molar-refractivity contribution in [2.24, 2.45) is 7.05 Å². The average molecular weight is 384 g/mol. The molecule has 0 unspecified atom stereocenters. The largest absolute Gasteiger partial charge is 0.344 e. The van der Waals surface area contributed by atoms with Gasteiger partial charge in [-0.15, -0.1) is 11.3 Å². The molecule has 1 fully saturated rings. The number of aromatic nitrogens is 4. The van der Waals surface area contributed by atoms with Crippen LogP contribution in [-0.4, -0.2) is 68.5 Å². The molecule has 3 aromatic heterocycles. The predicted molar refractivity (Wildman–Crippen MR) is 102 cm³/mol. The predicted octanol–water partition coefficient (Wildman–Crippen LogP) is 1.76. The molecule has 0 spiro atoms. The van der Waals surface area contributed by atoms with Gasteiger partial charge in [-0.3, -0.25) is 19.3 Å². The van der Waals surface area contributed by atoms with Crippen LogP contribution in [0.3, 0.4) is 0 Å². The second-order valence-corrected chi connectivity index (χ2v) is 7.87. The van der Waals surface area contributed by atoms with Crippen LogP contribution in [0.15, 0.2) is 24.7 Å². The second kappa shape index (κ2) is 6.73. The van der Waals surface area contributed by atoms with Gasteiger partial charge in [0.05, 0.1) is 4.88 Å². The molecule has 0 aromatic carbocycles. The van der Waals surface area contributed by atoms with Gasteiger partial charge in [0, 0.05) is 64.3 Å². The molecule has 3 aromatic rings. The Morgan fingerprint density at radius 1 is 1.26 bits per heavy atom. The van der Waals surface area contributed by atoms with Crippen LogP contribution in [0.5, 0.6) is 0 Å². The number of hydrogen-bond donors (Lipinski definition) is 0. The van der Waals surface area contributed by atoms with E-state index in [0.717, 1.165) is 22.3 Å². The molecule has 0 saturated carbocycles. The summed E-state index contributed by atoms with van der Waals surface area (Å²) in [5, 5.41) is 4.21. The average Bonchev–Trinajstić information content (AvgIpc) is 3.37. The van der Waals surface area contributed by atoms with Crippen molar-refractivity contribution in [3.05, 3.63) is 40.8 Å². The van der Waals surface area contributed by atoms with Crippen molar-refractivity contribution in [2.45, 2.75) is 12.3 Å². The van der Waals surface area contributed by atoms with Crippen molar-refractivity contribution in [3.63, 3.8) is 0 Å². The molecule has 2 amide bonds. The maximum Gasteiger partial charge on any atom is 0.274 e. The zero-order chi connectivity index (χ0) is 19.1. The second-order valence-electron chi connectivity index (χ2n) is 6.87. The van der Waals surface area contributed by atoms with Crippen molar-refractivity contribution < 1.29 is 9.59 Å². The smallest absolute Gasteiger partial charge is 0.274 e. The van der Waals surface area contributed by atoms with Crippen molar-refractivity contribution in [1.82, 2.24) is 29.5 Å². The lowest BCUT2D eigenvalue weighted by Crippen LogP contribution is -2.29. The zero-order valence-corrected chi connectivity index (χ0v) is 16.2. The number of thiophene rings is 1. The maximum absolute atomic E-state index is 12.7. The lowest BCUT2D eigenvalue weighted by molar-refractivity contribution is 0.0784. The third-order valence-corrected chi connectivity index (χ3v) is 5.87. The van der Waals surface area contributed by atoms with E-state index >= 15 is 0 Å². The van der Waals surface area contributed by atoms with Crippen LogP contribution in [0.25, 0.3) is 10.3 Å². The van der Waals surface area contributed by atoms with Crippen LogP contribution in [0.2, 0.25) is 0 Å². The Balaban J connectivity index is 1.67. The fourth-order valence-electron chi connectivity index (χ4n) is 3.46. The minimum Gasteiger partial charge on any atom is -0.344 e. The number of carbonyl (C=O) groups is 2. The molecule has 0 N–H and O–H groups in total. The van der Waals surface area contributed by atoms with Crippen LogP contribution >= 0.6 is 11.3 Å². The van der Waals surface area contributed by atoms with Gasteiger partial charge >= 0.3 is 0 Å². The number of carbonyl (C=O) groups excluding carboxylic acids is 2. The number of fused-ring (bicyclic) bond motifs is 1. The van der Waals surface area contributed by atoms with Gasteiger partial charge in [-0.1, -0.05) is 0 Å². The number of rotatable bonds is 3. The molecule has 27 heavy (non-hydrogen) atoms. The van der Waals surface area contributed by atoms with E-state index in [1.165, 1.54) is 11.3 Å². The third-order valence-electron chi connectivity index (χ3n) is 4.78. The summed E-state index contributed by atoms with van der Waals surface area (Å²) in [6, 6.07) is 1.72. The van der Waals surface area contributed by atoms with Gasteiger partial charge in [-0.2, -0.15) is 5.10 Å². The molecular formula is C18H20N6O2S. The first-order chi connectivity index (χ1) is 13.0.